The van der Waals surface area contributed by atoms with Crippen molar-refractivity contribution in [1.29, 1.82) is 0 Å². The molecule has 0 saturated heterocycles. The number of hydrogen-bond acceptors (Lipinski definition) is 2. The van der Waals surface area contributed by atoms with E-state index < -0.39 is 0 Å². The van der Waals surface area contributed by atoms with Crippen LogP contribution in [0.3, 0.4) is 0 Å². The average molecular weight is 179 g/mol. The monoisotopic (exact) mass is 179 g/mol. The molecule has 0 radical (unpaired) electrons. The van der Waals surface area contributed by atoms with Crippen molar-refractivity contribution in [2.24, 2.45) is 5.73 Å². The molecule has 1 aliphatic carbocycles. The molecule has 0 spiro atoms. The maximum Gasteiger partial charge on any atom is 0.226 e. The lowest BCUT2D eigenvalue weighted by molar-refractivity contribution is -0.119. The fourth-order valence-electron chi connectivity index (χ4n) is 1.32. The smallest absolute Gasteiger partial charge is 0.226 e. The summed E-state index contributed by atoms with van der Waals surface area (Å²) in [6, 6.07) is 1.95. The van der Waals surface area contributed by atoms with Gasteiger partial charge in [-0.15, -0.1) is 0 Å². The molecule has 0 bridgehead atoms. The van der Waals surface area contributed by atoms with E-state index in [0.717, 1.165) is 11.4 Å². The van der Waals surface area contributed by atoms with Gasteiger partial charge in [0.25, 0.3) is 0 Å². The van der Waals surface area contributed by atoms with Crippen molar-refractivity contribution < 1.29 is 4.79 Å². The van der Waals surface area contributed by atoms with Gasteiger partial charge in [-0.2, -0.15) is 5.10 Å². The zero-order valence-corrected chi connectivity index (χ0v) is 7.58. The number of H-pyrrole nitrogens is 1. The molecule has 1 aromatic heterocycles. The third-order valence-electron chi connectivity index (χ3n) is 2.51. The van der Waals surface area contributed by atoms with Gasteiger partial charge in [-0.1, -0.05) is 0 Å². The van der Waals surface area contributed by atoms with Crippen LogP contribution in [0.15, 0.2) is 6.07 Å². The molecule has 1 aliphatic rings. The highest BCUT2D eigenvalue weighted by Crippen LogP contribution is 2.39. The SMILES string of the molecule is CC(C(N)=O)c1cc(C2CC2)[nH]n1. The highest BCUT2D eigenvalue weighted by atomic mass is 16.1. The molecule has 1 unspecified atom stereocenters. The minimum absolute atomic E-state index is 0.288. The van der Waals surface area contributed by atoms with Gasteiger partial charge in [-0.25, -0.2) is 0 Å². The van der Waals surface area contributed by atoms with Crippen molar-refractivity contribution in [3.8, 4) is 0 Å². The first kappa shape index (κ1) is 8.29. The first-order chi connectivity index (χ1) is 6.18. The fraction of sp³-hybridized carbons (Fsp3) is 0.556. The van der Waals surface area contributed by atoms with Crippen LogP contribution in [0, 0.1) is 0 Å². The number of amides is 1. The zero-order valence-electron chi connectivity index (χ0n) is 7.58. The van der Waals surface area contributed by atoms with Crippen molar-refractivity contribution in [1.82, 2.24) is 10.2 Å². The Morgan fingerprint density at radius 3 is 3.00 bits per heavy atom. The molecule has 0 aliphatic heterocycles. The molecule has 2 rings (SSSR count). The van der Waals surface area contributed by atoms with Crippen molar-refractivity contribution in [2.75, 3.05) is 0 Å². The molecule has 1 atom stereocenters. The second-order valence-corrected chi connectivity index (χ2v) is 3.65. The van der Waals surface area contributed by atoms with Crippen LogP contribution in [0.5, 0.6) is 0 Å². The highest BCUT2D eigenvalue weighted by molar-refractivity contribution is 5.80. The molecular formula is C9H13N3O. The van der Waals surface area contributed by atoms with E-state index in [2.05, 4.69) is 10.2 Å². The van der Waals surface area contributed by atoms with Crippen LogP contribution in [0.2, 0.25) is 0 Å². The Kier molecular flexibility index (Phi) is 1.83. The van der Waals surface area contributed by atoms with Crippen LogP contribution in [-0.2, 0) is 4.79 Å². The Balaban J connectivity index is 2.16. The maximum absolute atomic E-state index is 10.9. The minimum Gasteiger partial charge on any atom is -0.369 e. The molecule has 1 aromatic rings. The normalized spacial score (nSPS) is 18.5. The van der Waals surface area contributed by atoms with Crippen LogP contribution in [-0.4, -0.2) is 16.1 Å². The average Bonchev–Trinajstić information content (AvgIpc) is 2.83. The summed E-state index contributed by atoms with van der Waals surface area (Å²) in [6.07, 6.45) is 2.46. The van der Waals surface area contributed by atoms with E-state index in [1.165, 1.54) is 12.8 Å². The second kappa shape index (κ2) is 2.87. The van der Waals surface area contributed by atoms with E-state index in [1.54, 1.807) is 6.92 Å². The van der Waals surface area contributed by atoms with Gasteiger partial charge in [0.05, 0.1) is 11.6 Å². The molecule has 3 N–H and O–H groups in total. The minimum atomic E-state index is -0.325. The Morgan fingerprint density at radius 2 is 2.46 bits per heavy atom. The number of aromatic nitrogens is 2. The first-order valence-corrected chi connectivity index (χ1v) is 4.53. The van der Waals surface area contributed by atoms with Crippen molar-refractivity contribution in [3.05, 3.63) is 17.5 Å². The molecule has 4 heteroatoms. The lowest BCUT2D eigenvalue weighted by Crippen LogP contribution is -2.18. The highest BCUT2D eigenvalue weighted by Gasteiger charge is 2.26. The van der Waals surface area contributed by atoms with Crippen molar-refractivity contribution >= 4 is 5.91 Å². The number of nitrogens with one attached hydrogen (secondary N) is 1. The zero-order chi connectivity index (χ0) is 9.42. The Labute approximate surface area is 76.5 Å². The number of primary amides is 1. The van der Waals surface area contributed by atoms with Crippen molar-refractivity contribution in [3.63, 3.8) is 0 Å². The molecule has 4 nitrogen and oxygen atoms in total. The molecule has 1 heterocycles. The molecular weight excluding hydrogens is 166 g/mol. The number of hydrogen-bond donors (Lipinski definition) is 2. The third kappa shape index (κ3) is 1.56. The Hall–Kier alpha value is -1.32. The molecule has 70 valence electrons. The van der Waals surface area contributed by atoms with E-state index >= 15 is 0 Å². The second-order valence-electron chi connectivity index (χ2n) is 3.65. The van der Waals surface area contributed by atoms with Gasteiger partial charge < -0.3 is 5.73 Å². The van der Waals surface area contributed by atoms with Gasteiger partial charge in [0.15, 0.2) is 0 Å². The first-order valence-electron chi connectivity index (χ1n) is 4.53. The van der Waals surface area contributed by atoms with Crippen LogP contribution in [0.25, 0.3) is 0 Å². The van der Waals surface area contributed by atoms with E-state index in [4.69, 9.17) is 5.73 Å². The summed E-state index contributed by atoms with van der Waals surface area (Å²) in [5.74, 6) is 0.0268. The van der Waals surface area contributed by atoms with Gasteiger partial charge in [0.1, 0.15) is 0 Å². The number of nitrogens with two attached hydrogens (primary N) is 1. The summed E-state index contributed by atoms with van der Waals surface area (Å²) >= 11 is 0. The summed E-state index contributed by atoms with van der Waals surface area (Å²) < 4.78 is 0. The summed E-state index contributed by atoms with van der Waals surface area (Å²) in [7, 11) is 0. The van der Waals surface area contributed by atoms with Gasteiger partial charge in [-0.05, 0) is 25.8 Å². The van der Waals surface area contributed by atoms with Crippen LogP contribution >= 0.6 is 0 Å². The number of nitrogens with zero attached hydrogens (tertiary/aromatic N) is 1. The lowest BCUT2D eigenvalue weighted by atomic mass is 10.1. The molecule has 1 amide bonds. The topological polar surface area (TPSA) is 71.8 Å². The maximum atomic E-state index is 10.9. The van der Waals surface area contributed by atoms with Crippen molar-refractivity contribution in [2.45, 2.75) is 31.6 Å². The van der Waals surface area contributed by atoms with E-state index in [0.29, 0.717) is 5.92 Å². The van der Waals surface area contributed by atoms with Crippen LogP contribution in [0.1, 0.15) is 43.0 Å². The summed E-state index contributed by atoms with van der Waals surface area (Å²) in [4.78, 5) is 10.9. The fourth-order valence-corrected chi connectivity index (χ4v) is 1.32. The summed E-state index contributed by atoms with van der Waals surface area (Å²) in [6.45, 7) is 1.77. The Bertz CT molecular complexity index is 327. The number of aromatic amines is 1. The quantitative estimate of drug-likeness (QED) is 0.722. The van der Waals surface area contributed by atoms with Gasteiger partial charge in [0, 0.05) is 11.6 Å². The van der Waals surface area contributed by atoms with E-state index in [9.17, 15) is 4.79 Å². The predicted molar refractivity (Wildman–Crippen MR) is 48.2 cm³/mol. The van der Waals surface area contributed by atoms with Gasteiger partial charge >= 0.3 is 0 Å². The molecule has 13 heavy (non-hydrogen) atoms. The molecule has 1 fully saturated rings. The Morgan fingerprint density at radius 1 is 1.77 bits per heavy atom. The standard InChI is InChI=1S/C9H13N3O/c1-5(9(10)13)7-4-8(12-11-7)6-2-3-6/h4-6H,2-3H2,1H3,(H2,10,13)(H,11,12). The van der Waals surface area contributed by atoms with Gasteiger partial charge in [-0.3, -0.25) is 9.89 Å². The number of carbonyl (C=O) groups excluding carboxylic acids is 1. The summed E-state index contributed by atoms with van der Waals surface area (Å²) in [5, 5.41) is 7.02. The number of rotatable bonds is 3. The van der Waals surface area contributed by atoms with Crippen LogP contribution in [0.4, 0.5) is 0 Å². The van der Waals surface area contributed by atoms with Gasteiger partial charge in [0.2, 0.25) is 5.91 Å². The van der Waals surface area contributed by atoms with E-state index in [-0.39, 0.29) is 11.8 Å². The third-order valence-corrected chi connectivity index (χ3v) is 2.51. The lowest BCUT2D eigenvalue weighted by Gasteiger charge is -2.00. The largest absolute Gasteiger partial charge is 0.369 e. The van der Waals surface area contributed by atoms with E-state index in [1.807, 2.05) is 6.07 Å². The molecule has 0 aromatic carbocycles. The summed E-state index contributed by atoms with van der Waals surface area (Å²) in [5.41, 5.74) is 7.08. The number of carbonyl (C=O) groups is 1. The van der Waals surface area contributed by atoms with Crippen LogP contribution < -0.4 is 5.73 Å². The molecule has 1 saturated carbocycles. The predicted octanol–water partition coefficient (Wildman–Crippen LogP) is 0.876.